The number of hydrogen-bond acceptors (Lipinski definition) is 6. The van der Waals surface area contributed by atoms with Gasteiger partial charge in [0.25, 0.3) is 0 Å². The van der Waals surface area contributed by atoms with Gasteiger partial charge in [-0.25, -0.2) is 0 Å². The molecule has 0 aromatic heterocycles. The normalized spacial score (nSPS) is 12.8. The molecule has 0 saturated heterocycles. The predicted octanol–water partition coefficient (Wildman–Crippen LogP) is 24.2. The molecule has 0 aliphatic carbocycles. The first kappa shape index (κ1) is 78.1. The van der Waals surface area contributed by atoms with Crippen molar-refractivity contribution in [3.05, 3.63) is 109 Å². The van der Waals surface area contributed by atoms with Crippen LogP contribution >= 0.6 is 0 Å². The van der Waals surface area contributed by atoms with Crippen LogP contribution < -0.4 is 0 Å². The van der Waals surface area contributed by atoms with Gasteiger partial charge in [-0.3, -0.25) is 14.4 Å². The summed E-state index contributed by atoms with van der Waals surface area (Å²) in [5, 5.41) is 0. The van der Waals surface area contributed by atoms with E-state index in [2.05, 4.69) is 130 Å². The van der Waals surface area contributed by atoms with Gasteiger partial charge in [0.15, 0.2) is 6.10 Å². The van der Waals surface area contributed by atoms with E-state index in [-0.39, 0.29) is 31.1 Å². The van der Waals surface area contributed by atoms with Gasteiger partial charge in [0.1, 0.15) is 13.2 Å². The zero-order valence-corrected chi connectivity index (χ0v) is 54.0. The second-order valence-electron chi connectivity index (χ2n) is 23.1. The Morgan fingerprint density at radius 1 is 0.256 bits per heavy atom. The van der Waals surface area contributed by atoms with Gasteiger partial charge >= 0.3 is 17.9 Å². The van der Waals surface area contributed by atoms with Crippen LogP contribution in [-0.4, -0.2) is 37.2 Å². The van der Waals surface area contributed by atoms with Gasteiger partial charge in [0, 0.05) is 19.3 Å². The number of carbonyl (C=O) groups excluding carboxylic acids is 3. The molecule has 0 bridgehead atoms. The molecule has 82 heavy (non-hydrogen) atoms. The van der Waals surface area contributed by atoms with E-state index in [1.807, 2.05) is 0 Å². The van der Waals surface area contributed by atoms with E-state index in [1.54, 1.807) is 0 Å². The summed E-state index contributed by atoms with van der Waals surface area (Å²) < 4.78 is 17.0. The molecule has 1 atom stereocenters. The van der Waals surface area contributed by atoms with Crippen molar-refractivity contribution in [3.8, 4) is 0 Å². The molecule has 0 saturated carbocycles. The molecule has 0 aliphatic rings. The zero-order valence-electron chi connectivity index (χ0n) is 54.0. The lowest BCUT2D eigenvalue weighted by Gasteiger charge is -2.18. The number of rotatable bonds is 63. The Balaban J connectivity index is 4.44. The average Bonchev–Trinajstić information content (AvgIpc) is 3.47. The third-order valence-corrected chi connectivity index (χ3v) is 15.0. The maximum atomic E-state index is 13.0. The summed E-state index contributed by atoms with van der Waals surface area (Å²) in [6, 6.07) is 0. The molecule has 0 spiro atoms. The van der Waals surface area contributed by atoms with Crippen LogP contribution in [0.15, 0.2) is 109 Å². The molecule has 0 N–H and O–H groups in total. The van der Waals surface area contributed by atoms with Crippen LogP contribution in [0, 0.1) is 0 Å². The summed E-state index contributed by atoms with van der Waals surface area (Å²) >= 11 is 0. The highest BCUT2D eigenvalue weighted by Crippen LogP contribution is 2.17. The van der Waals surface area contributed by atoms with Crippen LogP contribution in [0.5, 0.6) is 0 Å². The van der Waals surface area contributed by atoms with Gasteiger partial charge in [-0.15, -0.1) is 0 Å². The van der Waals surface area contributed by atoms with Crippen LogP contribution in [0.1, 0.15) is 335 Å². The topological polar surface area (TPSA) is 78.9 Å². The smallest absolute Gasteiger partial charge is 0.306 e. The largest absolute Gasteiger partial charge is 0.462 e. The van der Waals surface area contributed by atoms with E-state index < -0.39 is 6.10 Å². The standard InChI is InChI=1S/C76H130O6/c1-4-7-10-13-16-19-22-25-28-31-34-35-36-37-38-39-40-41-43-45-48-51-54-57-60-63-66-69-75(78)81-72-73(71-80-74(77)68-65-62-59-56-53-50-47-44-33-30-27-24-21-18-15-12-9-6-3)82-76(79)70-67-64-61-58-55-52-49-46-42-32-29-26-23-20-17-14-11-8-5-2/h7,10,16,19,25-26,28-29,34-35,37-38,40-41,45,48,54,57,73H,4-6,8-9,11-15,17-18,20-24,27,30-33,36,39,42-44,46-47,49-53,55-56,58-72H2,1-3H3/b10-7-,19-16-,28-25-,29-26-,35-34-,38-37-,41-40-,48-45-,57-54-. The lowest BCUT2D eigenvalue weighted by atomic mass is 10.0. The fourth-order valence-electron chi connectivity index (χ4n) is 9.81. The number of ether oxygens (including phenoxy) is 3. The minimum Gasteiger partial charge on any atom is -0.462 e. The molecule has 0 rings (SSSR count). The van der Waals surface area contributed by atoms with E-state index in [9.17, 15) is 14.4 Å². The minimum atomic E-state index is -0.799. The first-order valence-corrected chi connectivity index (χ1v) is 34.9. The Kier molecular flexibility index (Phi) is 66.2. The number of allylic oxidation sites excluding steroid dienone is 18. The Morgan fingerprint density at radius 3 is 0.780 bits per heavy atom. The highest BCUT2D eigenvalue weighted by molar-refractivity contribution is 5.71. The maximum Gasteiger partial charge on any atom is 0.306 e. The van der Waals surface area contributed by atoms with Crippen molar-refractivity contribution < 1.29 is 28.6 Å². The van der Waals surface area contributed by atoms with Crippen LogP contribution in [0.3, 0.4) is 0 Å². The maximum absolute atomic E-state index is 13.0. The fourth-order valence-corrected chi connectivity index (χ4v) is 9.81. The van der Waals surface area contributed by atoms with E-state index in [1.165, 1.54) is 186 Å². The molecular weight excluding hydrogens is 1010 g/mol. The number of hydrogen-bond donors (Lipinski definition) is 0. The van der Waals surface area contributed by atoms with Crippen molar-refractivity contribution in [3.63, 3.8) is 0 Å². The molecule has 0 aliphatic heterocycles. The van der Waals surface area contributed by atoms with Crippen molar-refractivity contribution in [2.45, 2.75) is 341 Å². The Bertz CT molecular complexity index is 1640. The number of unbranched alkanes of at least 4 members (excludes halogenated alkanes) is 34. The van der Waals surface area contributed by atoms with E-state index in [0.717, 1.165) is 109 Å². The first-order chi connectivity index (χ1) is 40.5. The van der Waals surface area contributed by atoms with Gasteiger partial charge < -0.3 is 14.2 Å². The van der Waals surface area contributed by atoms with Gasteiger partial charge in [-0.1, -0.05) is 316 Å². The summed E-state index contributed by atoms with van der Waals surface area (Å²) in [7, 11) is 0. The summed E-state index contributed by atoms with van der Waals surface area (Å²) in [5.41, 5.74) is 0. The summed E-state index contributed by atoms with van der Waals surface area (Å²) in [5.74, 6) is -0.923. The third-order valence-electron chi connectivity index (χ3n) is 15.0. The zero-order chi connectivity index (χ0) is 59.2. The first-order valence-electron chi connectivity index (χ1n) is 34.9. The molecule has 0 fully saturated rings. The van der Waals surface area contributed by atoms with Crippen LogP contribution in [0.4, 0.5) is 0 Å². The molecular formula is C76H130O6. The molecule has 1 unspecified atom stereocenters. The molecule has 0 radical (unpaired) electrons. The highest BCUT2D eigenvalue weighted by Gasteiger charge is 2.19. The summed E-state index contributed by atoms with van der Waals surface area (Å²) in [6.07, 6.45) is 95.3. The molecule has 0 aromatic rings. The quantitative estimate of drug-likeness (QED) is 0.0261. The fraction of sp³-hybridized carbons (Fsp3) is 0.724. The van der Waals surface area contributed by atoms with Gasteiger partial charge in [-0.2, -0.15) is 0 Å². The lowest BCUT2D eigenvalue weighted by Crippen LogP contribution is -2.30. The molecule has 6 nitrogen and oxygen atoms in total. The van der Waals surface area contributed by atoms with Crippen LogP contribution in [0.2, 0.25) is 0 Å². The van der Waals surface area contributed by atoms with Gasteiger partial charge in [0.2, 0.25) is 0 Å². The summed E-state index contributed by atoms with van der Waals surface area (Å²) in [6.45, 7) is 6.53. The lowest BCUT2D eigenvalue weighted by molar-refractivity contribution is -0.167. The molecule has 0 amide bonds. The predicted molar refractivity (Wildman–Crippen MR) is 357 cm³/mol. The third kappa shape index (κ3) is 66.9. The highest BCUT2D eigenvalue weighted by atomic mass is 16.6. The second kappa shape index (κ2) is 69.6. The van der Waals surface area contributed by atoms with E-state index >= 15 is 0 Å². The Hall–Kier alpha value is -3.93. The Labute approximate surface area is 508 Å². The monoisotopic (exact) mass is 1140 g/mol. The van der Waals surface area contributed by atoms with Gasteiger partial charge in [0.05, 0.1) is 0 Å². The molecule has 6 heteroatoms. The van der Waals surface area contributed by atoms with Crippen molar-refractivity contribution >= 4 is 17.9 Å². The van der Waals surface area contributed by atoms with Gasteiger partial charge in [-0.05, 0) is 109 Å². The molecule has 0 aromatic carbocycles. The van der Waals surface area contributed by atoms with Crippen molar-refractivity contribution in [2.24, 2.45) is 0 Å². The van der Waals surface area contributed by atoms with Crippen molar-refractivity contribution in [1.29, 1.82) is 0 Å². The minimum absolute atomic E-state index is 0.0903. The van der Waals surface area contributed by atoms with Crippen LogP contribution in [-0.2, 0) is 28.6 Å². The van der Waals surface area contributed by atoms with E-state index in [0.29, 0.717) is 19.3 Å². The number of carbonyl (C=O) groups is 3. The molecule has 0 heterocycles. The summed E-state index contributed by atoms with van der Waals surface area (Å²) in [4.78, 5) is 38.5. The average molecular weight is 1140 g/mol. The van der Waals surface area contributed by atoms with E-state index in [4.69, 9.17) is 14.2 Å². The second-order valence-corrected chi connectivity index (χ2v) is 23.1. The SMILES string of the molecule is CC/C=C\C/C=C\C/C=C\C/C=C\C/C=C\C/C=C\C/C=C\C/C=C\CCCCC(=O)OCC(COC(=O)CCCCCCCCCCCCCCCCCCCC)OC(=O)CCCCCCCCCCC/C=C\CCCCCCCC. The number of esters is 3. The van der Waals surface area contributed by atoms with Crippen molar-refractivity contribution in [1.82, 2.24) is 0 Å². The van der Waals surface area contributed by atoms with Crippen molar-refractivity contribution in [2.75, 3.05) is 13.2 Å². The Morgan fingerprint density at radius 2 is 0.476 bits per heavy atom. The molecule has 470 valence electrons. The van der Waals surface area contributed by atoms with Crippen LogP contribution in [0.25, 0.3) is 0 Å².